The lowest BCUT2D eigenvalue weighted by molar-refractivity contribution is -0.129. The van der Waals surface area contributed by atoms with E-state index in [0.29, 0.717) is 31.5 Å². The van der Waals surface area contributed by atoms with E-state index in [2.05, 4.69) is 23.8 Å². The summed E-state index contributed by atoms with van der Waals surface area (Å²) in [5.74, 6) is -0.837. The van der Waals surface area contributed by atoms with Gasteiger partial charge in [-0.1, -0.05) is 54.6 Å². The topological polar surface area (TPSA) is 117 Å². The summed E-state index contributed by atoms with van der Waals surface area (Å²) >= 11 is 0. The van der Waals surface area contributed by atoms with Crippen molar-refractivity contribution in [1.82, 2.24) is 15.5 Å². The predicted octanol–water partition coefficient (Wildman–Crippen LogP) is 5.26. The van der Waals surface area contributed by atoms with Crippen LogP contribution in [-0.4, -0.2) is 60.2 Å². The van der Waals surface area contributed by atoms with Crippen molar-refractivity contribution in [3.63, 3.8) is 0 Å². The second kappa shape index (κ2) is 15.6. The molecule has 2 aromatic rings. The molecule has 0 aromatic heterocycles. The summed E-state index contributed by atoms with van der Waals surface area (Å²) in [6, 6.07) is 15.0. The average Bonchev–Trinajstić information content (AvgIpc) is 2.97. The number of allylic oxidation sites excluding steroid dienone is 1. The van der Waals surface area contributed by atoms with Gasteiger partial charge >= 0.3 is 12.2 Å². The van der Waals surface area contributed by atoms with Gasteiger partial charge in [-0.2, -0.15) is 0 Å². The van der Waals surface area contributed by atoms with Gasteiger partial charge < -0.3 is 20.1 Å². The van der Waals surface area contributed by atoms with E-state index in [9.17, 15) is 19.2 Å². The lowest BCUT2D eigenvalue weighted by atomic mass is 10.00. The lowest BCUT2D eigenvalue weighted by Crippen LogP contribution is -2.63. The number of benzene rings is 2. The largest absolute Gasteiger partial charge is 0.445 e. The zero-order valence-electron chi connectivity index (χ0n) is 25.2. The minimum Gasteiger partial charge on any atom is -0.445 e. The van der Waals surface area contributed by atoms with Crippen LogP contribution in [0.2, 0.25) is 0 Å². The number of hydrogen-bond donors (Lipinski definition) is 2. The van der Waals surface area contributed by atoms with Gasteiger partial charge in [0.15, 0.2) is 0 Å². The van der Waals surface area contributed by atoms with Crippen LogP contribution >= 0.6 is 0 Å². The molecule has 0 bridgehead atoms. The Kier molecular flexibility index (Phi) is 11.9. The minimum absolute atomic E-state index is 0.0469. The molecule has 0 saturated carbocycles. The van der Waals surface area contributed by atoms with E-state index < -0.39 is 41.7 Å². The maximum Gasteiger partial charge on any atom is 0.410 e. The van der Waals surface area contributed by atoms with Crippen LogP contribution in [0, 0.1) is 0 Å². The van der Waals surface area contributed by atoms with Crippen molar-refractivity contribution in [3.8, 4) is 0 Å². The molecule has 2 atom stereocenters. The molecular weight excluding hydrogens is 548 g/mol. The van der Waals surface area contributed by atoms with Gasteiger partial charge in [0.05, 0.1) is 12.6 Å². The molecule has 1 saturated heterocycles. The molecule has 1 heterocycles. The van der Waals surface area contributed by atoms with Gasteiger partial charge in [0, 0.05) is 12.2 Å². The summed E-state index contributed by atoms with van der Waals surface area (Å²) in [5, 5.41) is 5.75. The monoisotopic (exact) mass is 590 g/mol. The molecule has 0 spiro atoms. The number of alkyl carbamates (subject to hydrolysis) is 1. The number of ether oxygens (including phenoxy) is 2. The Morgan fingerprint density at radius 1 is 1.05 bits per heavy atom. The number of nitrogens with one attached hydrogen (secondary N) is 2. The molecule has 1 fully saturated rings. The highest BCUT2D eigenvalue weighted by Crippen LogP contribution is 2.28. The molecule has 10 nitrogen and oxygen atoms in total. The second-order valence-electron chi connectivity index (χ2n) is 11.2. The van der Waals surface area contributed by atoms with E-state index in [1.807, 2.05) is 36.4 Å². The van der Waals surface area contributed by atoms with E-state index in [4.69, 9.17) is 9.47 Å². The second-order valence-corrected chi connectivity index (χ2v) is 11.2. The Labute approximate surface area is 253 Å². The van der Waals surface area contributed by atoms with E-state index in [1.54, 1.807) is 51.1 Å². The van der Waals surface area contributed by atoms with E-state index in [1.165, 1.54) is 9.80 Å². The van der Waals surface area contributed by atoms with Crippen molar-refractivity contribution in [3.05, 3.63) is 91.0 Å². The van der Waals surface area contributed by atoms with Gasteiger partial charge in [0.25, 0.3) is 0 Å². The molecule has 1 aliphatic heterocycles. The third-order valence-corrected chi connectivity index (χ3v) is 6.62. The molecule has 3 rings (SSSR count). The first-order valence-electron chi connectivity index (χ1n) is 14.4. The smallest absolute Gasteiger partial charge is 0.410 e. The fourth-order valence-electron chi connectivity index (χ4n) is 4.58. The molecule has 2 N–H and O–H groups in total. The number of hydrogen-bond acceptors (Lipinski definition) is 6. The Bertz CT molecular complexity index is 1290. The number of amides is 4. The van der Waals surface area contributed by atoms with Crippen molar-refractivity contribution in [2.24, 2.45) is 0 Å². The van der Waals surface area contributed by atoms with Crippen LogP contribution < -0.4 is 15.5 Å². The first-order valence-corrected chi connectivity index (χ1v) is 14.4. The van der Waals surface area contributed by atoms with Crippen molar-refractivity contribution in [2.45, 2.75) is 64.3 Å². The molecular formula is C33H42N4O6. The van der Waals surface area contributed by atoms with Crippen molar-refractivity contribution in [2.75, 3.05) is 24.5 Å². The summed E-state index contributed by atoms with van der Waals surface area (Å²) in [6.07, 6.45) is 3.91. The minimum atomic E-state index is -0.996. The molecule has 2 aromatic carbocycles. The van der Waals surface area contributed by atoms with Gasteiger partial charge in [0.2, 0.25) is 11.8 Å². The molecule has 230 valence electrons. The van der Waals surface area contributed by atoms with E-state index in [0.717, 1.165) is 11.1 Å². The van der Waals surface area contributed by atoms with Crippen LogP contribution in [0.15, 0.2) is 79.9 Å². The van der Waals surface area contributed by atoms with Crippen LogP contribution in [0.1, 0.15) is 57.2 Å². The van der Waals surface area contributed by atoms with E-state index >= 15 is 0 Å². The fraction of sp³-hybridized carbons (Fsp3) is 0.394. The highest BCUT2D eigenvalue weighted by molar-refractivity contribution is 6.04. The Morgan fingerprint density at radius 2 is 1.77 bits per heavy atom. The van der Waals surface area contributed by atoms with Crippen LogP contribution in [0.5, 0.6) is 0 Å². The predicted molar refractivity (Wildman–Crippen MR) is 165 cm³/mol. The van der Waals surface area contributed by atoms with Crippen LogP contribution in [0.3, 0.4) is 0 Å². The highest BCUT2D eigenvalue weighted by Gasteiger charge is 2.41. The van der Waals surface area contributed by atoms with Gasteiger partial charge in [-0.05, 0) is 63.3 Å². The van der Waals surface area contributed by atoms with Gasteiger partial charge in [0.1, 0.15) is 24.8 Å². The first kappa shape index (κ1) is 32.9. The summed E-state index contributed by atoms with van der Waals surface area (Å²) in [5.41, 5.74) is 1.30. The maximum atomic E-state index is 13.5. The summed E-state index contributed by atoms with van der Waals surface area (Å²) < 4.78 is 10.9. The molecule has 1 aliphatic rings. The normalized spacial score (nSPS) is 15.7. The SMILES string of the molecule is C=CCCNC(=O)[C@H]1CN(C(=O)OC(C)(C)C)CC(=O)N1c1cccc([C@H](CCC=C)NC(=O)OCc2ccccc2)c1. The van der Waals surface area contributed by atoms with Crippen LogP contribution in [-0.2, 0) is 25.7 Å². The van der Waals surface area contributed by atoms with Gasteiger partial charge in [-0.25, -0.2) is 9.59 Å². The zero-order chi connectivity index (χ0) is 31.4. The molecule has 10 heteroatoms. The first-order chi connectivity index (χ1) is 20.5. The number of rotatable bonds is 12. The number of carbonyl (C=O) groups excluding carboxylic acids is 4. The standard InChI is InChI=1S/C33H42N4O6/c1-6-8-18-27(35-31(40)42-23-24-14-11-10-12-15-24)25-16-13-17-26(20-25)37-28(30(39)34-19-9-7-2)21-36(22-29(37)38)32(41)43-33(3,4)5/h6-7,10-17,20,27-28H,1-2,8-9,18-19,21-23H2,3-5H3,(H,34,39)(H,35,40)/t27-,28+/m0/s1. The molecule has 0 aliphatic carbocycles. The van der Waals surface area contributed by atoms with Crippen LogP contribution in [0.25, 0.3) is 0 Å². The maximum absolute atomic E-state index is 13.5. The van der Waals surface area contributed by atoms with E-state index in [-0.39, 0.29) is 19.7 Å². The number of anilines is 1. The van der Waals surface area contributed by atoms with Crippen LogP contribution in [0.4, 0.5) is 15.3 Å². The Hall–Kier alpha value is -4.60. The van der Waals surface area contributed by atoms with Gasteiger partial charge in [-0.15, -0.1) is 13.2 Å². The summed E-state index contributed by atoms with van der Waals surface area (Å²) in [6.45, 7) is 12.9. The quantitative estimate of drug-likeness (QED) is 0.257. The number of carbonyl (C=O) groups is 4. The molecule has 4 amide bonds. The highest BCUT2D eigenvalue weighted by atomic mass is 16.6. The third-order valence-electron chi connectivity index (χ3n) is 6.62. The number of nitrogens with zero attached hydrogens (tertiary/aromatic N) is 2. The van der Waals surface area contributed by atoms with Crippen molar-refractivity contribution >= 4 is 29.7 Å². The molecule has 0 radical (unpaired) electrons. The molecule has 0 unspecified atom stereocenters. The average molecular weight is 591 g/mol. The van der Waals surface area contributed by atoms with Gasteiger partial charge in [-0.3, -0.25) is 19.4 Å². The number of piperazine rings is 1. The third kappa shape index (κ3) is 10.0. The fourth-order valence-corrected chi connectivity index (χ4v) is 4.58. The summed E-state index contributed by atoms with van der Waals surface area (Å²) in [4.78, 5) is 55.1. The molecule has 43 heavy (non-hydrogen) atoms. The van der Waals surface area contributed by atoms with Crippen molar-refractivity contribution < 1.29 is 28.7 Å². The van der Waals surface area contributed by atoms with Crippen molar-refractivity contribution in [1.29, 1.82) is 0 Å². The zero-order valence-corrected chi connectivity index (χ0v) is 25.2. The Morgan fingerprint density at radius 3 is 2.44 bits per heavy atom. The lowest BCUT2D eigenvalue weighted by Gasteiger charge is -2.40. The summed E-state index contributed by atoms with van der Waals surface area (Å²) in [7, 11) is 0. The Balaban J connectivity index is 1.85.